The molecule has 0 saturated carbocycles. The molecule has 1 heterocycles. The SMILES string of the molecule is COc1ccc(CCNC(=O)c2csc(-c3ccc(OC(C)C)cc3)n2)cc1. The fraction of sp³-hybridized carbons (Fsp3) is 0.273. The predicted molar refractivity (Wildman–Crippen MR) is 112 cm³/mol. The molecule has 1 N–H and O–H groups in total. The highest BCUT2D eigenvalue weighted by Gasteiger charge is 2.12. The average Bonchev–Trinajstić information content (AvgIpc) is 3.19. The number of benzene rings is 2. The van der Waals surface area contributed by atoms with Crippen LogP contribution in [0.25, 0.3) is 10.6 Å². The van der Waals surface area contributed by atoms with Crippen LogP contribution in [0.2, 0.25) is 0 Å². The summed E-state index contributed by atoms with van der Waals surface area (Å²) < 4.78 is 10.8. The van der Waals surface area contributed by atoms with Crippen LogP contribution in [0.5, 0.6) is 11.5 Å². The molecule has 3 aromatic rings. The van der Waals surface area contributed by atoms with Crippen LogP contribution >= 0.6 is 11.3 Å². The second-order valence-corrected chi connectivity index (χ2v) is 7.44. The summed E-state index contributed by atoms with van der Waals surface area (Å²) >= 11 is 1.46. The molecule has 0 aliphatic heterocycles. The summed E-state index contributed by atoms with van der Waals surface area (Å²) in [6.07, 6.45) is 0.892. The molecule has 0 spiro atoms. The van der Waals surface area contributed by atoms with Gasteiger partial charge in [-0.15, -0.1) is 11.3 Å². The highest BCUT2D eigenvalue weighted by Crippen LogP contribution is 2.26. The first-order chi connectivity index (χ1) is 13.5. The van der Waals surface area contributed by atoms with E-state index < -0.39 is 0 Å². The lowest BCUT2D eigenvalue weighted by atomic mass is 10.1. The van der Waals surface area contributed by atoms with Gasteiger partial charge in [-0.2, -0.15) is 0 Å². The third kappa shape index (κ3) is 5.33. The molecule has 1 amide bonds. The molecular weight excluding hydrogens is 372 g/mol. The Morgan fingerprint density at radius 2 is 1.75 bits per heavy atom. The number of nitrogens with zero attached hydrogens (tertiary/aromatic N) is 1. The summed E-state index contributed by atoms with van der Waals surface area (Å²) in [5.74, 6) is 1.49. The van der Waals surface area contributed by atoms with E-state index in [0.717, 1.165) is 34.1 Å². The minimum absolute atomic E-state index is 0.138. The van der Waals surface area contributed by atoms with Gasteiger partial charge in [-0.25, -0.2) is 4.98 Å². The third-order valence-electron chi connectivity index (χ3n) is 4.07. The molecular formula is C22H24N2O3S. The van der Waals surface area contributed by atoms with Gasteiger partial charge < -0.3 is 14.8 Å². The molecule has 28 heavy (non-hydrogen) atoms. The lowest BCUT2D eigenvalue weighted by Gasteiger charge is -2.09. The molecule has 0 aliphatic rings. The van der Waals surface area contributed by atoms with Gasteiger partial charge in [0, 0.05) is 17.5 Å². The van der Waals surface area contributed by atoms with E-state index in [1.54, 1.807) is 12.5 Å². The van der Waals surface area contributed by atoms with Crippen molar-refractivity contribution in [3.05, 3.63) is 65.2 Å². The highest BCUT2D eigenvalue weighted by molar-refractivity contribution is 7.13. The van der Waals surface area contributed by atoms with Crippen molar-refractivity contribution in [1.29, 1.82) is 0 Å². The molecule has 0 aliphatic carbocycles. The summed E-state index contributed by atoms with van der Waals surface area (Å²) in [6.45, 7) is 4.54. The minimum atomic E-state index is -0.157. The van der Waals surface area contributed by atoms with Crippen LogP contribution in [0.15, 0.2) is 53.9 Å². The van der Waals surface area contributed by atoms with Crippen molar-refractivity contribution >= 4 is 17.2 Å². The van der Waals surface area contributed by atoms with Gasteiger partial charge in [0.1, 0.15) is 22.2 Å². The summed E-state index contributed by atoms with van der Waals surface area (Å²) in [4.78, 5) is 16.8. The fourth-order valence-electron chi connectivity index (χ4n) is 2.66. The molecule has 1 aromatic heterocycles. The van der Waals surface area contributed by atoms with E-state index in [9.17, 15) is 4.79 Å². The number of hydrogen-bond acceptors (Lipinski definition) is 5. The van der Waals surface area contributed by atoms with Crippen LogP contribution in [-0.4, -0.2) is 30.6 Å². The average molecular weight is 397 g/mol. The Hall–Kier alpha value is -2.86. The molecule has 0 bridgehead atoms. The predicted octanol–water partition coefficient (Wildman–Crippen LogP) is 4.58. The number of rotatable bonds is 8. The van der Waals surface area contributed by atoms with Gasteiger partial charge in [0.05, 0.1) is 13.2 Å². The van der Waals surface area contributed by atoms with Gasteiger partial charge in [0.15, 0.2) is 0 Å². The number of nitrogens with one attached hydrogen (secondary N) is 1. The second kappa shape index (κ2) is 9.37. The van der Waals surface area contributed by atoms with Gasteiger partial charge in [0.25, 0.3) is 5.91 Å². The first-order valence-corrected chi connectivity index (χ1v) is 10.1. The van der Waals surface area contributed by atoms with E-state index in [1.165, 1.54) is 11.3 Å². The Morgan fingerprint density at radius 1 is 1.07 bits per heavy atom. The van der Waals surface area contributed by atoms with Crippen LogP contribution in [0.3, 0.4) is 0 Å². The lowest BCUT2D eigenvalue weighted by Crippen LogP contribution is -2.25. The normalized spacial score (nSPS) is 10.7. The first-order valence-electron chi connectivity index (χ1n) is 9.19. The van der Waals surface area contributed by atoms with Crippen LogP contribution in [0.4, 0.5) is 0 Å². The van der Waals surface area contributed by atoms with E-state index in [0.29, 0.717) is 12.2 Å². The van der Waals surface area contributed by atoms with Crippen molar-refractivity contribution in [3.8, 4) is 22.1 Å². The molecule has 5 nitrogen and oxygen atoms in total. The van der Waals surface area contributed by atoms with Gasteiger partial charge >= 0.3 is 0 Å². The van der Waals surface area contributed by atoms with Crippen molar-refractivity contribution in [2.75, 3.05) is 13.7 Å². The standard InChI is InChI=1S/C22H24N2O3S/c1-15(2)27-19-10-6-17(7-11-19)22-24-20(14-28-22)21(25)23-13-12-16-4-8-18(26-3)9-5-16/h4-11,14-15H,12-13H2,1-3H3,(H,23,25). The number of thiazole rings is 1. The first kappa shape index (κ1) is 19.9. The molecule has 0 atom stereocenters. The summed E-state index contributed by atoms with van der Waals surface area (Å²) in [5, 5.41) is 5.53. The smallest absolute Gasteiger partial charge is 0.270 e. The number of carbonyl (C=O) groups excluding carboxylic acids is 1. The Balaban J connectivity index is 1.54. The fourth-order valence-corrected chi connectivity index (χ4v) is 3.47. The number of methoxy groups -OCH3 is 1. The van der Waals surface area contributed by atoms with Gasteiger partial charge in [-0.1, -0.05) is 12.1 Å². The molecule has 146 valence electrons. The van der Waals surface area contributed by atoms with Crippen LogP contribution in [0.1, 0.15) is 29.9 Å². The Bertz CT molecular complexity index is 902. The summed E-state index contributed by atoms with van der Waals surface area (Å²) in [7, 11) is 1.64. The largest absolute Gasteiger partial charge is 0.497 e. The van der Waals surface area contributed by atoms with E-state index in [2.05, 4.69) is 10.3 Å². The van der Waals surface area contributed by atoms with E-state index in [-0.39, 0.29) is 12.0 Å². The molecule has 0 fully saturated rings. The van der Waals surface area contributed by atoms with Crippen LogP contribution in [0, 0.1) is 0 Å². The monoisotopic (exact) mass is 396 g/mol. The molecule has 2 aromatic carbocycles. The Kier molecular flexibility index (Phi) is 6.66. The number of hydrogen-bond donors (Lipinski definition) is 1. The van der Waals surface area contributed by atoms with Crippen molar-refractivity contribution in [2.45, 2.75) is 26.4 Å². The quantitative estimate of drug-likeness (QED) is 0.605. The molecule has 0 unspecified atom stereocenters. The number of aromatic nitrogens is 1. The summed E-state index contributed by atoms with van der Waals surface area (Å²) in [5.41, 5.74) is 2.55. The van der Waals surface area contributed by atoms with E-state index in [4.69, 9.17) is 9.47 Å². The van der Waals surface area contributed by atoms with E-state index in [1.807, 2.05) is 62.4 Å². The minimum Gasteiger partial charge on any atom is -0.497 e. The third-order valence-corrected chi connectivity index (χ3v) is 4.96. The van der Waals surface area contributed by atoms with Crippen LogP contribution < -0.4 is 14.8 Å². The zero-order valence-electron chi connectivity index (χ0n) is 16.3. The molecule has 6 heteroatoms. The molecule has 0 saturated heterocycles. The Labute approximate surface area is 169 Å². The molecule has 0 radical (unpaired) electrons. The van der Waals surface area contributed by atoms with Gasteiger partial charge in [0.2, 0.25) is 0 Å². The lowest BCUT2D eigenvalue weighted by molar-refractivity contribution is 0.0950. The second-order valence-electron chi connectivity index (χ2n) is 6.58. The maximum absolute atomic E-state index is 12.3. The van der Waals surface area contributed by atoms with Crippen molar-refractivity contribution in [3.63, 3.8) is 0 Å². The van der Waals surface area contributed by atoms with Crippen molar-refractivity contribution in [2.24, 2.45) is 0 Å². The Morgan fingerprint density at radius 3 is 2.39 bits per heavy atom. The van der Waals surface area contributed by atoms with E-state index >= 15 is 0 Å². The van der Waals surface area contributed by atoms with Crippen molar-refractivity contribution in [1.82, 2.24) is 10.3 Å². The topological polar surface area (TPSA) is 60.5 Å². The number of carbonyl (C=O) groups is 1. The maximum Gasteiger partial charge on any atom is 0.270 e. The number of ether oxygens (including phenoxy) is 2. The van der Waals surface area contributed by atoms with Gasteiger partial charge in [-0.3, -0.25) is 4.79 Å². The zero-order chi connectivity index (χ0) is 19.9. The summed E-state index contributed by atoms with van der Waals surface area (Å²) in [6, 6.07) is 15.6. The molecule has 3 rings (SSSR count). The van der Waals surface area contributed by atoms with Crippen LogP contribution in [-0.2, 0) is 6.42 Å². The maximum atomic E-state index is 12.3. The van der Waals surface area contributed by atoms with Crippen molar-refractivity contribution < 1.29 is 14.3 Å². The van der Waals surface area contributed by atoms with Gasteiger partial charge in [-0.05, 0) is 62.2 Å². The number of amides is 1. The highest BCUT2D eigenvalue weighted by atomic mass is 32.1. The zero-order valence-corrected chi connectivity index (χ0v) is 17.1.